The van der Waals surface area contributed by atoms with Gasteiger partial charge in [-0.2, -0.15) is 0 Å². The summed E-state index contributed by atoms with van der Waals surface area (Å²) >= 11 is 0. The molecular formula is C14H38O2Si4. The van der Waals surface area contributed by atoms with Crippen molar-refractivity contribution >= 4 is 33.3 Å². The Balaban J connectivity index is 4.48. The second-order valence-corrected chi connectivity index (χ2v) is 26.8. The zero-order valence-electron chi connectivity index (χ0n) is 15.6. The van der Waals surface area contributed by atoms with Crippen molar-refractivity contribution in [1.29, 1.82) is 0 Å². The zero-order chi connectivity index (χ0) is 16.2. The van der Waals surface area contributed by atoms with Crippen molar-refractivity contribution in [2.24, 2.45) is 0 Å². The van der Waals surface area contributed by atoms with Gasteiger partial charge in [-0.3, -0.25) is 0 Å². The van der Waals surface area contributed by atoms with Crippen LogP contribution in [-0.2, 0) is 8.23 Å². The quantitative estimate of drug-likeness (QED) is 0.483. The molecule has 0 spiro atoms. The van der Waals surface area contributed by atoms with Crippen LogP contribution < -0.4 is 0 Å². The lowest BCUT2D eigenvalue weighted by molar-refractivity contribution is 0.526. The van der Waals surface area contributed by atoms with Gasteiger partial charge in [0.2, 0.25) is 0 Å². The van der Waals surface area contributed by atoms with Crippen molar-refractivity contribution in [3.63, 3.8) is 0 Å². The minimum atomic E-state index is -1.53. The van der Waals surface area contributed by atoms with Gasteiger partial charge in [0, 0.05) is 0 Å². The molecule has 0 atom stereocenters. The summed E-state index contributed by atoms with van der Waals surface area (Å²) in [5, 5.41) is 0. The van der Waals surface area contributed by atoms with Gasteiger partial charge in [0.15, 0.2) is 33.3 Å². The predicted octanol–water partition coefficient (Wildman–Crippen LogP) is 5.88. The Labute approximate surface area is 132 Å². The van der Waals surface area contributed by atoms with Crippen molar-refractivity contribution < 1.29 is 8.23 Å². The maximum Gasteiger partial charge on any atom is 0.173 e. The summed E-state index contributed by atoms with van der Waals surface area (Å²) in [7, 11) is -5.88. The summed E-state index contributed by atoms with van der Waals surface area (Å²) in [5.41, 5.74) is 0. The highest BCUT2D eigenvalue weighted by molar-refractivity contribution is 6.87. The molecule has 0 aliphatic rings. The summed E-state index contributed by atoms with van der Waals surface area (Å²) < 4.78 is 13.1. The smallest absolute Gasteiger partial charge is 0.173 e. The van der Waals surface area contributed by atoms with E-state index in [2.05, 4.69) is 65.8 Å². The first-order valence-electron chi connectivity index (χ1n) is 8.08. The summed E-state index contributed by atoms with van der Waals surface area (Å²) in [6.45, 7) is 23.5. The molecule has 20 heavy (non-hydrogen) atoms. The highest BCUT2D eigenvalue weighted by atomic mass is 28.4. The molecule has 0 radical (unpaired) electrons. The molecule has 6 heteroatoms. The Bertz CT molecular complexity index is 296. The molecule has 0 aromatic heterocycles. The molecule has 0 aliphatic carbocycles. The molecule has 0 amide bonds. The standard InChI is InChI=1S/C14H38O2Si4/c1-11-12-18(5,6)16-20(9,10)14-13-19(7,8)15-17(2,3)4/h11-14H2,1-10H3. The number of rotatable bonds is 9. The Kier molecular flexibility index (Phi) is 7.66. The van der Waals surface area contributed by atoms with Crippen LogP contribution in [0.1, 0.15) is 13.3 Å². The molecule has 0 aliphatic heterocycles. The molecule has 0 saturated heterocycles. The number of hydrogen-bond donors (Lipinski definition) is 0. The highest BCUT2D eigenvalue weighted by Crippen LogP contribution is 2.28. The van der Waals surface area contributed by atoms with Gasteiger partial charge in [-0.25, -0.2) is 0 Å². The highest BCUT2D eigenvalue weighted by Gasteiger charge is 2.36. The van der Waals surface area contributed by atoms with Gasteiger partial charge in [0.1, 0.15) is 0 Å². The molecule has 0 heterocycles. The molecule has 0 aromatic rings. The number of hydrogen-bond acceptors (Lipinski definition) is 2. The first kappa shape index (κ1) is 20.8. The van der Waals surface area contributed by atoms with Crippen LogP contribution in [0.2, 0.25) is 77.1 Å². The van der Waals surface area contributed by atoms with E-state index in [-0.39, 0.29) is 0 Å². The van der Waals surface area contributed by atoms with Crippen LogP contribution in [0.4, 0.5) is 0 Å². The van der Waals surface area contributed by atoms with Crippen molar-refractivity contribution in [2.75, 3.05) is 0 Å². The van der Waals surface area contributed by atoms with E-state index < -0.39 is 33.3 Å². The fraction of sp³-hybridized carbons (Fsp3) is 1.00. The lowest BCUT2D eigenvalue weighted by atomic mass is 10.6. The molecule has 0 aromatic carbocycles. The minimum absolute atomic E-state index is 1.25. The van der Waals surface area contributed by atoms with Gasteiger partial charge in [-0.05, 0) is 77.1 Å². The summed E-state index contributed by atoms with van der Waals surface area (Å²) in [6.07, 6.45) is 1.25. The van der Waals surface area contributed by atoms with Crippen LogP contribution in [-0.4, -0.2) is 33.3 Å². The summed E-state index contributed by atoms with van der Waals surface area (Å²) in [5.74, 6) is 0. The Morgan fingerprint density at radius 2 is 0.900 bits per heavy atom. The summed E-state index contributed by atoms with van der Waals surface area (Å²) in [4.78, 5) is 0. The van der Waals surface area contributed by atoms with E-state index in [0.717, 1.165) is 0 Å². The average molecular weight is 351 g/mol. The zero-order valence-corrected chi connectivity index (χ0v) is 19.6. The maximum atomic E-state index is 6.65. The molecule has 0 rings (SSSR count). The van der Waals surface area contributed by atoms with Gasteiger partial charge in [0.25, 0.3) is 0 Å². The molecule has 0 N–H and O–H groups in total. The van der Waals surface area contributed by atoms with Crippen LogP contribution in [0.3, 0.4) is 0 Å². The molecule has 2 nitrogen and oxygen atoms in total. The van der Waals surface area contributed by atoms with E-state index in [1.54, 1.807) is 0 Å². The molecule has 0 bridgehead atoms. The van der Waals surface area contributed by atoms with Crippen LogP contribution in [0.15, 0.2) is 0 Å². The van der Waals surface area contributed by atoms with Gasteiger partial charge in [0.05, 0.1) is 0 Å². The first-order chi connectivity index (χ1) is 8.68. The van der Waals surface area contributed by atoms with Crippen molar-refractivity contribution in [3.8, 4) is 0 Å². The summed E-state index contributed by atoms with van der Waals surface area (Å²) in [6, 6.07) is 3.81. The largest absolute Gasteiger partial charge is 0.456 e. The third-order valence-electron chi connectivity index (χ3n) is 3.32. The monoisotopic (exact) mass is 350 g/mol. The molecule has 0 unspecified atom stereocenters. The van der Waals surface area contributed by atoms with E-state index in [4.69, 9.17) is 8.23 Å². The first-order valence-corrected chi connectivity index (χ1v) is 20.8. The Morgan fingerprint density at radius 1 is 0.550 bits per heavy atom. The van der Waals surface area contributed by atoms with Crippen LogP contribution in [0.5, 0.6) is 0 Å². The van der Waals surface area contributed by atoms with Crippen molar-refractivity contribution in [3.05, 3.63) is 0 Å². The second-order valence-electron chi connectivity index (χ2n) is 8.85. The topological polar surface area (TPSA) is 18.5 Å². The normalized spacial score (nSPS) is 14.7. The van der Waals surface area contributed by atoms with Crippen LogP contribution in [0.25, 0.3) is 0 Å². The minimum Gasteiger partial charge on any atom is -0.456 e. The lowest BCUT2D eigenvalue weighted by Crippen LogP contribution is -2.47. The Hall–Kier alpha value is 0.788. The molecule has 0 fully saturated rings. The maximum absolute atomic E-state index is 6.65. The van der Waals surface area contributed by atoms with E-state index in [1.165, 1.54) is 24.6 Å². The Morgan fingerprint density at radius 3 is 1.25 bits per heavy atom. The van der Waals surface area contributed by atoms with E-state index in [1.807, 2.05) is 0 Å². The second kappa shape index (κ2) is 7.37. The van der Waals surface area contributed by atoms with Gasteiger partial charge in [-0.15, -0.1) is 0 Å². The van der Waals surface area contributed by atoms with E-state index in [9.17, 15) is 0 Å². The average Bonchev–Trinajstić information content (AvgIpc) is 2.09. The molecule has 122 valence electrons. The van der Waals surface area contributed by atoms with Gasteiger partial charge < -0.3 is 8.23 Å². The SMILES string of the molecule is CCC[Si](C)(C)O[Si](C)(C)CC[Si](C)(C)O[Si](C)(C)C. The van der Waals surface area contributed by atoms with Crippen molar-refractivity contribution in [2.45, 2.75) is 90.4 Å². The van der Waals surface area contributed by atoms with Crippen LogP contribution >= 0.6 is 0 Å². The predicted molar refractivity (Wildman–Crippen MR) is 103 cm³/mol. The van der Waals surface area contributed by atoms with E-state index >= 15 is 0 Å². The van der Waals surface area contributed by atoms with Gasteiger partial charge in [-0.1, -0.05) is 13.3 Å². The lowest BCUT2D eigenvalue weighted by Gasteiger charge is -2.37. The van der Waals surface area contributed by atoms with Crippen molar-refractivity contribution in [1.82, 2.24) is 0 Å². The fourth-order valence-corrected chi connectivity index (χ4v) is 22.8. The van der Waals surface area contributed by atoms with E-state index in [0.29, 0.717) is 0 Å². The third kappa shape index (κ3) is 10.5. The van der Waals surface area contributed by atoms with Gasteiger partial charge >= 0.3 is 0 Å². The van der Waals surface area contributed by atoms with Crippen LogP contribution in [0, 0.1) is 0 Å². The molecule has 0 saturated carbocycles. The third-order valence-corrected chi connectivity index (χ3v) is 17.5. The molecular weight excluding hydrogens is 312 g/mol. The fourth-order valence-electron chi connectivity index (χ4n) is 2.93.